The minimum atomic E-state index is -1.23. The van der Waals surface area contributed by atoms with E-state index >= 15 is 0 Å². The van der Waals surface area contributed by atoms with Gasteiger partial charge in [0.15, 0.2) is 0 Å². The third-order valence-electron chi connectivity index (χ3n) is 5.45. The van der Waals surface area contributed by atoms with Crippen LogP contribution in [-0.4, -0.2) is 94.1 Å². The molecule has 208 valence electrons. The van der Waals surface area contributed by atoms with Gasteiger partial charge in [0.2, 0.25) is 17.7 Å². The topological polar surface area (TPSA) is 171 Å². The fourth-order valence-electron chi connectivity index (χ4n) is 3.28. The molecule has 1 rings (SSSR count). The van der Waals surface area contributed by atoms with E-state index in [1.807, 2.05) is 18.8 Å². The number of phenolic OH excluding ortho intramolecular Hbond substituents is 1. The summed E-state index contributed by atoms with van der Waals surface area (Å²) >= 11 is 4.58. The number of benzene rings is 1. The van der Waals surface area contributed by atoms with Gasteiger partial charge >= 0.3 is 5.97 Å². The first-order valence-electron chi connectivity index (χ1n) is 11.8. The summed E-state index contributed by atoms with van der Waals surface area (Å²) in [4.78, 5) is 50.6. The van der Waals surface area contributed by atoms with Crippen molar-refractivity contribution < 1.29 is 29.4 Å². The van der Waals surface area contributed by atoms with Gasteiger partial charge in [-0.1, -0.05) is 12.1 Å². The van der Waals surface area contributed by atoms with Crippen LogP contribution in [0.3, 0.4) is 0 Å². The monoisotopic (exact) mass is 574 g/mol. The highest BCUT2D eigenvalue weighted by Gasteiger charge is 2.30. The van der Waals surface area contributed by atoms with Crippen LogP contribution in [0, 0.1) is 0 Å². The Labute approximate surface area is 231 Å². The molecule has 0 radical (unpaired) electrons. The fraction of sp³-hybridized carbons (Fsp3) is 0.583. The van der Waals surface area contributed by atoms with Crippen molar-refractivity contribution in [3.05, 3.63) is 29.8 Å². The van der Waals surface area contributed by atoms with E-state index in [1.54, 1.807) is 23.9 Å². The molecule has 0 heterocycles. The lowest BCUT2D eigenvalue weighted by Crippen LogP contribution is -2.57. The van der Waals surface area contributed by atoms with Gasteiger partial charge < -0.3 is 31.9 Å². The number of thioether (sulfide) groups is 3. The normalized spacial score (nSPS) is 14.2. The SMILES string of the molecule is CSCCC(N)C(=O)NC(CCSC)C(=O)NC(CCSC)C(=O)NC(Cc1ccc(O)cc1)C(=O)O. The summed E-state index contributed by atoms with van der Waals surface area (Å²) < 4.78 is 0. The number of nitrogens with one attached hydrogen (secondary N) is 3. The van der Waals surface area contributed by atoms with Crippen molar-refractivity contribution in [3.8, 4) is 5.75 Å². The van der Waals surface area contributed by atoms with Gasteiger partial charge in [0, 0.05) is 6.42 Å². The highest BCUT2D eigenvalue weighted by atomic mass is 32.2. The average Bonchev–Trinajstić information content (AvgIpc) is 2.87. The first-order valence-corrected chi connectivity index (χ1v) is 15.9. The number of rotatable bonds is 18. The van der Waals surface area contributed by atoms with Crippen LogP contribution in [0.2, 0.25) is 0 Å². The van der Waals surface area contributed by atoms with Crippen molar-refractivity contribution in [1.29, 1.82) is 0 Å². The maximum absolute atomic E-state index is 13.1. The van der Waals surface area contributed by atoms with E-state index in [2.05, 4.69) is 16.0 Å². The van der Waals surface area contributed by atoms with Gasteiger partial charge in [0.05, 0.1) is 6.04 Å². The van der Waals surface area contributed by atoms with E-state index in [4.69, 9.17) is 5.73 Å². The minimum Gasteiger partial charge on any atom is -0.508 e. The Balaban J connectivity index is 2.95. The predicted molar refractivity (Wildman–Crippen MR) is 152 cm³/mol. The van der Waals surface area contributed by atoms with E-state index in [0.717, 1.165) is 0 Å². The zero-order chi connectivity index (χ0) is 27.8. The largest absolute Gasteiger partial charge is 0.508 e. The van der Waals surface area contributed by atoms with E-state index < -0.39 is 47.9 Å². The summed E-state index contributed by atoms with van der Waals surface area (Å²) in [6.07, 6.45) is 6.77. The van der Waals surface area contributed by atoms with Crippen LogP contribution in [0.15, 0.2) is 24.3 Å². The second-order valence-corrected chi connectivity index (χ2v) is 11.3. The van der Waals surface area contributed by atoms with Crippen LogP contribution < -0.4 is 21.7 Å². The van der Waals surface area contributed by atoms with Crippen molar-refractivity contribution >= 4 is 59.0 Å². The van der Waals surface area contributed by atoms with E-state index in [1.165, 1.54) is 35.7 Å². The standard InChI is InChI=1S/C24H38N4O6S3/c1-35-11-8-17(25)21(30)26-18(9-12-36-2)22(31)27-19(10-13-37-3)23(32)28-20(24(33)34)14-15-4-6-16(29)7-5-15/h4-7,17-20,29H,8-14,25H2,1-3H3,(H,26,30)(H,27,31)(H,28,32)(H,33,34). The number of carboxylic acid groups (broad SMARTS) is 1. The zero-order valence-corrected chi connectivity index (χ0v) is 23.8. The third kappa shape index (κ3) is 12.8. The molecular weight excluding hydrogens is 536 g/mol. The molecule has 0 aliphatic rings. The van der Waals surface area contributed by atoms with Crippen molar-refractivity contribution in [2.75, 3.05) is 36.0 Å². The molecule has 13 heteroatoms. The van der Waals surface area contributed by atoms with Gasteiger partial charge in [0.25, 0.3) is 0 Å². The molecule has 4 atom stereocenters. The van der Waals surface area contributed by atoms with Crippen molar-refractivity contribution in [3.63, 3.8) is 0 Å². The van der Waals surface area contributed by atoms with Crippen molar-refractivity contribution in [2.24, 2.45) is 5.73 Å². The number of phenols is 1. The Morgan fingerprint density at radius 1 is 0.757 bits per heavy atom. The Morgan fingerprint density at radius 3 is 1.65 bits per heavy atom. The number of nitrogens with two attached hydrogens (primary N) is 1. The number of amides is 3. The molecule has 3 amide bonds. The molecule has 0 aromatic heterocycles. The predicted octanol–water partition coefficient (Wildman–Crippen LogP) is 1.06. The molecule has 0 saturated heterocycles. The molecule has 4 unspecified atom stereocenters. The lowest BCUT2D eigenvalue weighted by Gasteiger charge is -2.25. The molecular formula is C24H38N4O6S3. The quantitative estimate of drug-likeness (QED) is 0.149. The third-order valence-corrected chi connectivity index (χ3v) is 7.38. The highest BCUT2D eigenvalue weighted by Crippen LogP contribution is 2.12. The zero-order valence-electron chi connectivity index (χ0n) is 21.4. The highest BCUT2D eigenvalue weighted by molar-refractivity contribution is 7.98. The number of aliphatic carboxylic acids is 1. The molecule has 37 heavy (non-hydrogen) atoms. The molecule has 0 fully saturated rings. The maximum Gasteiger partial charge on any atom is 0.326 e. The number of hydrogen-bond acceptors (Lipinski definition) is 9. The second-order valence-electron chi connectivity index (χ2n) is 8.34. The summed E-state index contributed by atoms with van der Waals surface area (Å²) in [6.45, 7) is 0. The molecule has 0 spiro atoms. The first-order chi connectivity index (χ1) is 17.6. The minimum absolute atomic E-state index is 0.00485. The average molecular weight is 575 g/mol. The van der Waals surface area contributed by atoms with Gasteiger partial charge in [0.1, 0.15) is 23.9 Å². The van der Waals surface area contributed by atoms with Gasteiger partial charge in [-0.25, -0.2) is 4.79 Å². The van der Waals surface area contributed by atoms with Crippen LogP contribution in [-0.2, 0) is 25.6 Å². The molecule has 0 bridgehead atoms. The lowest BCUT2D eigenvalue weighted by atomic mass is 10.0. The van der Waals surface area contributed by atoms with E-state index in [0.29, 0.717) is 35.7 Å². The Bertz CT molecular complexity index is 875. The number of carbonyl (C=O) groups is 4. The number of hydrogen-bond donors (Lipinski definition) is 6. The molecule has 1 aromatic carbocycles. The molecule has 0 saturated carbocycles. The number of carbonyl (C=O) groups excluding carboxylic acids is 3. The van der Waals surface area contributed by atoms with Crippen molar-refractivity contribution in [2.45, 2.75) is 49.9 Å². The summed E-state index contributed by atoms with van der Waals surface area (Å²) in [5.74, 6) is -0.883. The van der Waals surface area contributed by atoms with E-state index in [9.17, 15) is 29.4 Å². The number of carboxylic acids is 1. The van der Waals surface area contributed by atoms with Crippen LogP contribution in [0.5, 0.6) is 5.75 Å². The molecule has 10 nitrogen and oxygen atoms in total. The van der Waals surface area contributed by atoms with Gasteiger partial charge in [-0.2, -0.15) is 35.3 Å². The van der Waals surface area contributed by atoms with Gasteiger partial charge in [-0.3, -0.25) is 14.4 Å². The fourth-order valence-corrected chi connectivity index (χ4v) is 4.71. The summed E-state index contributed by atoms with van der Waals surface area (Å²) in [7, 11) is 0. The maximum atomic E-state index is 13.1. The van der Waals surface area contributed by atoms with Crippen LogP contribution in [0.25, 0.3) is 0 Å². The van der Waals surface area contributed by atoms with Gasteiger partial charge in [-0.05, 0) is 73.0 Å². The summed E-state index contributed by atoms with van der Waals surface area (Å²) in [5, 5.41) is 27.0. The van der Waals surface area contributed by atoms with Crippen LogP contribution in [0.4, 0.5) is 0 Å². The Hall–Kier alpha value is -2.09. The Morgan fingerprint density at radius 2 is 1.19 bits per heavy atom. The van der Waals surface area contributed by atoms with Crippen LogP contribution in [0.1, 0.15) is 24.8 Å². The molecule has 0 aliphatic heterocycles. The lowest BCUT2D eigenvalue weighted by molar-refractivity contribution is -0.142. The summed E-state index contributed by atoms with van der Waals surface area (Å²) in [5.41, 5.74) is 6.57. The first kappa shape index (κ1) is 32.9. The van der Waals surface area contributed by atoms with Crippen molar-refractivity contribution in [1.82, 2.24) is 16.0 Å². The van der Waals surface area contributed by atoms with E-state index in [-0.39, 0.29) is 18.6 Å². The molecule has 0 aliphatic carbocycles. The smallest absolute Gasteiger partial charge is 0.326 e. The molecule has 7 N–H and O–H groups in total. The van der Waals surface area contributed by atoms with Gasteiger partial charge in [-0.15, -0.1) is 0 Å². The molecule has 1 aromatic rings. The van der Waals surface area contributed by atoms with Crippen LogP contribution >= 0.6 is 35.3 Å². The summed E-state index contributed by atoms with van der Waals surface area (Å²) in [6, 6.07) is 2.19. The number of aromatic hydroxyl groups is 1. The second kappa shape index (κ2) is 18.2. The Kier molecular flexibility index (Phi) is 16.2.